The van der Waals surface area contributed by atoms with E-state index in [-0.39, 0.29) is 28.3 Å². The van der Waals surface area contributed by atoms with E-state index < -0.39 is 34.7 Å². The number of benzene rings is 2. The van der Waals surface area contributed by atoms with Gasteiger partial charge in [-0.05, 0) is 49.4 Å². The first-order valence-corrected chi connectivity index (χ1v) is 14.7. The van der Waals surface area contributed by atoms with Crippen LogP contribution in [-0.2, 0) is 24.8 Å². The van der Waals surface area contributed by atoms with Crippen molar-refractivity contribution < 1.29 is 27.5 Å². The zero-order chi connectivity index (χ0) is 25.8. The van der Waals surface area contributed by atoms with Gasteiger partial charge in [-0.1, -0.05) is 38.1 Å². The predicted octanol–water partition coefficient (Wildman–Crippen LogP) is 3.47. The maximum atomic E-state index is 13.9. The van der Waals surface area contributed by atoms with E-state index in [0.717, 1.165) is 12.7 Å². The van der Waals surface area contributed by atoms with Crippen molar-refractivity contribution in [2.75, 3.05) is 16.3 Å². The third-order valence-corrected chi connectivity index (χ3v) is 8.56. The Bertz CT molecular complexity index is 1420. The van der Waals surface area contributed by atoms with E-state index in [2.05, 4.69) is 28.6 Å². The predicted molar refractivity (Wildman–Crippen MR) is 136 cm³/mol. The lowest BCUT2D eigenvalue weighted by molar-refractivity contribution is -0.125. The number of Topliss-reactive ketones (excluding diaryl/α,β-unsaturated/α-hetero) is 2. The largest absolute Gasteiger partial charge is 0.345 e. The number of ketones is 2. The summed E-state index contributed by atoms with van der Waals surface area (Å²) in [4.78, 5) is 38.1. The Labute approximate surface area is 204 Å². The second kappa shape index (κ2) is 8.69. The molecule has 2 aliphatic rings. The van der Waals surface area contributed by atoms with Crippen molar-refractivity contribution in [1.82, 2.24) is 0 Å². The van der Waals surface area contributed by atoms with Gasteiger partial charge in [0.25, 0.3) is 0 Å². The third kappa shape index (κ3) is 4.70. The molecule has 0 bridgehead atoms. The van der Waals surface area contributed by atoms with Crippen molar-refractivity contribution in [1.29, 1.82) is 0 Å². The van der Waals surface area contributed by atoms with E-state index in [4.69, 9.17) is 0 Å². The van der Waals surface area contributed by atoms with Crippen molar-refractivity contribution >= 4 is 51.6 Å². The Morgan fingerprint density at radius 1 is 1.20 bits per heavy atom. The molecule has 0 aromatic heterocycles. The van der Waals surface area contributed by atoms with Gasteiger partial charge in [0.05, 0.1) is 22.7 Å². The zero-order valence-corrected chi connectivity index (χ0v) is 21.6. The van der Waals surface area contributed by atoms with Crippen molar-refractivity contribution in [3.63, 3.8) is 0 Å². The number of amidine groups is 1. The third-order valence-electron chi connectivity index (χ3n) is 6.47. The number of carbonyl (C=O) groups is 2. The fourth-order valence-electron chi connectivity index (χ4n) is 4.64. The van der Waals surface area contributed by atoms with E-state index in [1.54, 1.807) is 24.3 Å². The van der Waals surface area contributed by atoms with Crippen molar-refractivity contribution in [3.8, 4) is 0 Å². The number of carbonyl (C=O) groups excluding carboxylic acids is 2. The fraction of sp³-hybridized carbons (Fsp3) is 0.375. The first kappa shape index (κ1) is 25.3. The Balaban J connectivity index is 1.78. The summed E-state index contributed by atoms with van der Waals surface area (Å²) in [6, 6.07) is 11.0. The second-order valence-electron chi connectivity index (χ2n) is 9.73. The lowest BCUT2D eigenvalue weighted by Gasteiger charge is -2.39. The Hall–Kier alpha value is -2.81. The normalized spacial score (nSPS) is 26.0. The molecule has 2 aromatic rings. The quantitative estimate of drug-likeness (QED) is 0.393. The summed E-state index contributed by atoms with van der Waals surface area (Å²) in [6.07, 6.45) is 2.24. The number of nitrogens with one attached hydrogen (secondary N) is 2. The highest BCUT2D eigenvalue weighted by molar-refractivity contribution is 7.92. The highest BCUT2D eigenvalue weighted by Gasteiger charge is 2.51. The highest BCUT2D eigenvalue weighted by atomic mass is 32.2. The van der Waals surface area contributed by atoms with E-state index in [1.165, 1.54) is 18.2 Å². The Morgan fingerprint density at radius 2 is 1.89 bits per heavy atom. The molecular weight excluding hydrogens is 489 g/mol. The van der Waals surface area contributed by atoms with Crippen molar-refractivity contribution in [3.05, 3.63) is 53.6 Å². The molecule has 1 aliphatic carbocycles. The van der Waals surface area contributed by atoms with Gasteiger partial charge in [-0.25, -0.2) is 8.42 Å². The number of rotatable bonds is 6. The van der Waals surface area contributed by atoms with Gasteiger partial charge >= 0.3 is 7.52 Å². The number of hydrogen-bond acceptors (Lipinski definition) is 6. The van der Waals surface area contributed by atoms with Crippen LogP contribution < -0.4 is 15.3 Å². The molecule has 1 heterocycles. The van der Waals surface area contributed by atoms with Crippen molar-refractivity contribution in [2.45, 2.75) is 39.0 Å². The summed E-state index contributed by atoms with van der Waals surface area (Å²) in [5, 5.41) is 2.79. The number of anilines is 2. The molecule has 0 fully saturated rings. The molecule has 2 aromatic carbocycles. The van der Waals surface area contributed by atoms with Gasteiger partial charge in [0.1, 0.15) is 11.8 Å². The minimum atomic E-state index is -4.42. The zero-order valence-electron chi connectivity index (χ0n) is 19.9. The van der Waals surface area contributed by atoms with Gasteiger partial charge in [0.15, 0.2) is 11.6 Å². The van der Waals surface area contributed by atoms with Crippen LogP contribution in [0.1, 0.15) is 49.5 Å². The summed E-state index contributed by atoms with van der Waals surface area (Å²) in [6.45, 7) is 5.93. The van der Waals surface area contributed by atoms with Crippen LogP contribution >= 0.6 is 7.52 Å². The van der Waals surface area contributed by atoms with Crippen LogP contribution in [0, 0.1) is 11.8 Å². The van der Waals surface area contributed by atoms with Crippen molar-refractivity contribution in [2.24, 2.45) is 16.6 Å². The van der Waals surface area contributed by atoms with E-state index in [9.17, 15) is 27.5 Å². The number of nitrogens with zero attached hydrogens (tertiary/aromatic N) is 1. The summed E-state index contributed by atoms with van der Waals surface area (Å²) in [5.41, 5.74) is 0.378. The van der Waals surface area contributed by atoms with E-state index >= 15 is 0 Å². The van der Waals surface area contributed by atoms with Gasteiger partial charge in [-0.2, -0.15) is 4.76 Å². The molecule has 0 saturated heterocycles. The molecule has 9 nitrogen and oxygen atoms in total. The maximum Gasteiger partial charge on any atom is 0.345 e. The molecule has 35 heavy (non-hydrogen) atoms. The van der Waals surface area contributed by atoms with Gasteiger partial charge in [-0.15, -0.1) is 0 Å². The number of sulfonamides is 1. The lowest BCUT2D eigenvalue weighted by atomic mass is 9.63. The van der Waals surface area contributed by atoms with Crippen LogP contribution in [0.2, 0.25) is 0 Å². The van der Waals surface area contributed by atoms with E-state index in [0.29, 0.717) is 23.5 Å². The van der Waals surface area contributed by atoms with Gasteiger partial charge in [-0.3, -0.25) is 18.9 Å². The monoisotopic (exact) mass is 517 g/mol. The van der Waals surface area contributed by atoms with Crippen LogP contribution in [0.15, 0.2) is 47.2 Å². The molecule has 4 rings (SSSR count). The van der Waals surface area contributed by atoms with E-state index in [1.807, 2.05) is 6.92 Å². The molecule has 3 unspecified atom stereocenters. The molecule has 1 aliphatic heterocycles. The van der Waals surface area contributed by atoms with Crippen LogP contribution in [0.25, 0.3) is 0 Å². The molecule has 0 radical (unpaired) electrons. The SMILES string of the molecule is CC(C)CCC1(C)C(=O)C(C2=NP(=O)(O)c3cc(NS(C)(=O)=O)ccc3N2)C(=O)c2ccccc21. The molecule has 3 N–H and O–H groups in total. The fourth-order valence-corrected chi connectivity index (χ4v) is 6.51. The topological polar surface area (TPSA) is 142 Å². The summed E-state index contributed by atoms with van der Waals surface area (Å²) < 4.78 is 42.5. The molecule has 0 saturated carbocycles. The van der Waals surface area contributed by atoms with Crippen LogP contribution in [0.3, 0.4) is 0 Å². The smallest absolute Gasteiger partial charge is 0.342 e. The van der Waals surface area contributed by atoms with Crippen LogP contribution in [0.5, 0.6) is 0 Å². The Kier molecular flexibility index (Phi) is 6.28. The first-order chi connectivity index (χ1) is 16.2. The lowest BCUT2D eigenvalue weighted by Crippen LogP contribution is -2.51. The molecule has 0 spiro atoms. The molecule has 3 atom stereocenters. The first-order valence-electron chi connectivity index (χ1n) is 11.2. The average Bonchev–Trinajstić information content (AvgIpc) is 2.76. The van der Waals surface area contributed by atoms with Crippen LogP contribution in [0.4, 0.5) is 11.4 Å². The van der Waals surface area contributed by atoms with Gasteiger partial charge in [0, 0.05) is 11.3 Å². The molecule has 186 valence electrons. The standard InChI is InChI=1S/C24H28N3O6PS/c1-14(2)11-12-24(3)17-8-6-5-7-16(17)21(28)20(22(24)29)23-25-18-10-9-15(27-35(4,32)33)13-19(18)34(30,31)26-23/h5-10,13-14,20,27H,11-12H2,1-4H3,(H2,25,26,30,31). The minimum Gasteiger partial charge on any atom is -0.342 e. The van der Waals surface area contributed by atoms with Gasteiger partial charge < -0.3 is 10.2 Å². The summed E-state index contributed by atoms with van der Waals surface area (Å²) in [5.74, 6) is -2.03. The van der Waals surface area contributed by atoms with Gasteiger partial charge in [0.2, 0.25) is 10.0 Å². The number of hydrogen-bond donors (Lipinski definition) is 3. The molecule has 11 heteroatoms. The minimum absolute atomic E-state index is 0.0981. The molecule has 0 amide bonds. The maximum absolute atomic E-state index is 13.9. The average molecular weight is 518 g/mol. The summed E-state index contributed by atoms with van der Waals surface area (Å²) in [7, 11) is -8.02. The molecular formula is C24H28N3O6PS. The second-order valence-corrected chi connectivity index (χ2v) is 13.3. The Morgan fingerprint density at radius 3 is 2.54 bits per heavy atom. The van der Waals surface area contributed by atoms with Crippen LogP contribution in [-0.4, -0.2) is 37.0 Å². The summed E-state index contributed by atoms with van der Waals surface area (Å²) >= 11 is 0. The number of fused-ring (bicyclic) bond motifs is 2. The highest BCUT2D eigenvalue weighted by Crippen LogP contribution is 2.49.